The van der Waals surface area contributed by atoms with Gasteiger partial charge in [0.2, 0.25) is 0 Å². The van der Waals surface area contributed by atoms with Crippen LogP contribution in [0.1, 0.15) is 53.4 Å². The highest BCUT2D eigenvalue weighted by atomic mass is 28.2. The van der Waals surface area contributed by atoms with E-state index in [0.29, 0.717) is 0 Å². The third kappa shape index (κ3) is 17.4. The van der Waals surface area contributed by atoms with E-state index in [-0.39, 0.29) is 30.7 Å². The van der Waals surface area contributed by atoms with Crippen molar-refractivity contribution in [3.63, 3.8) is 0 Å². The number of hydrogen-bond donors (Lipinski definition) is 1. The molecule has 0 amide bonds. The number of unbranched alkanes of at least 4 members (excludes halogenated alkanes) is 2. The van der Waals surface area contributed by atoms with Crippen molar-refractivity contribution in [3.8, 4) is 0 Å². The molecule has 0 spiro atoms. The molecule has 0 rings (SSSR count). The van der Waals surface area contributed by atoms with Crippen molar-refractivity contribution in [2.45, 2.75) is 76.7 Å². The first-order valence-electron chi connectivity index (χ1n) is 9.79. The largest absolute Gasteiger partial charge is 0.427 e. The molecule has 0 fully saturated rings. The molecular formula is C18H43NO4Si2. The molecule has 0 heterocycles. The number of ether oxygens (including phenoxy) is 2. The highest BCUT2D eigenvalue weighted by Gasteiger charge is 2.22. The average Bonchev–Trinajstić information content (AvgIpc) is 2.53. The van der Waals surface area contributed by atoms with Gasteiger partial charge in [-0.3, -0.25) is 0 Å². The molecule has 0 aromatic heterocycles. The minimum absolute atomic E-state index is 0.139. The molecule has 0 aromatic carbocycles. The first kappa shape index (κ1) is 25.2. The van der Waals surface area contributed by atoms with Crippen LogP contribution in [-0.2, 0) is 18.3 Å². The lowest BCUT2D eigenvalue weighted by Gasteiger charge is -2.30. The summed E-state index contributed by atoms with van der Waals surface area (Å²) in [4.78, 5) is 0. The van der Waals surface area contributed by atoms with Crippen LogP contribution in [0.4, 0.5) is 0 Å². The van der Waals surface area contributed by atoms with Crippen LogP contribution in [0.25, 0.3) is 0 Å². The van der Waals surface area contributed by atoms with Crippen LogP contribution >= 0.6 is 0 Å². The maximum Gasteiger partial charge on any atom is 0.161 e. The summed E-state index contributed by atoms with van der Waals surface area (Å²) in [6, 6.07) is 2.50. The molecule has 0 saturated carbocycles. The SMILES string of the molecule is CO[SiH2]CCCCOC(C)(C)CNCC(C)(C)OCCCC[SiH2]OC. The van der Waals surface area contributed by atoms with E-state index in [1.165, 1.54) is 24.9 Å². The fourth-order valence-electron chi connectivity index (χ4n) is 2.51. The molecule has 0 aliphatic rings. The molecule has 0 bridgehead atoms. The van der Waals surface area contributed by atoms with Gasteiger partial charge >= 0.3 is 0 Å². The molecule has 0 aromatic rings. The van der Waals surface area contributed by atoms with Gasteiger partial charge in [-0.05, 0) is 52.6 Å². The fourth-order valence-corrected chi connectivity index (χ4v) is 4.21. The van der Waals surface area contributed by atoms with Gasteiger partial charge in [0, 0.05) is 40.5 Å². The Balaban J connectivity index is 3.71. The number of nitrogens with one attached hydrogen (secondary N) is 1. The summed E-state index contributed by atoms with van der Waals surface area (Å²) >= 11 is 0. The summed E-state index contributed by atoms with van der Waals surface area (Å²) in [5, 5.41) is 3.51. The first-order chi connectivity index (χ1) is 11.8. The summed E-state index contributed by atoms with van der Waals surface area (Å²) < 4.78 is 22.4. The molecule has 0 saturated heterocycles. The molecular weight excluding hydrogens is 350 g/mol. The van der Waals surface area contributed by atoms with Crippen LogP contribution in [0.3, 0.4) is 0 Å². The Bertz CT molecular complexity index is 277. The van der Waals surface area contributed by atoms with Crippen LogP contribution < -0.4 is 5.32 Å². The monoisotopic (exact) mass is 393 g/mol. The number of rotatable bonds is 18. The van der Waals surface area contributed by atoms with Gasteiger partial charge in [0.05, 0.1) is 11.2 Å². The van der Waals surface area contributed by atoms with Crippen molar-refractivity contribution in [2.24, 2.45) is 0 Å². The third-order valence-electron chi connectivity index (χ3n) is 4.07. The average molecular weight is 394 g/mol. The molecule has 0 radical (unpaired) electrons. The summed E-state index contributed by atoms with van der Waals surface area (Å²) in [5.41, 5.74) is -0.279. The molecule has 7 heteroatoms. The maximum absolute atomic E-state index is 6.02. The second-order valence-corrected chi connectivity index (χ2v) is 11.3. The summed E-state index contributed by atoms with van der Waals surface area (Å²) in [6.45, 7) is 11.9. The van der Waals surface area contributed by atoms with E-state index in [4.69, 9.17) is 18.3 Å². The van der Waals surface area contributed by atoms with Crippen LogP contribution in [-0.4, -0.2) is 71.3 Å². The molecule has 0 atom stereocenters. The molecule has 0 aliphatic carbocycles. The van der Waals surface area contributed by atoms with Gasteiger partial charge in [-0.2, -0.15) is 0 Å². The third-order valence-corrected chi connectivity index (χ3v) is 6.47. The van der Waals surface area contributed by atoms with Gasteiger partial charge in [0.1, 0.15) is 0 Å². The van der Waals surface area contributed by atoms with Crippen molar-refractivity contribution in [3.05, 3.63) is 0 Å². The van der Waals surface area contributed by atoms with Crippen LogP contribution in [0.2, 0.25) is 12.1 Å². The summed E-state index contributed by atoms with van der Waals surface area (Å²) in [7, 11) is 3.08. The highest BCUT2D eigenvalue weighted by molar-refractivity contribution is 6.27. The van der Waals surface area contributed by atoms with E-state index >= 15 is 0 Å². The van der Waals surface area contributed by atoms with Gasteiger partial charge in [-0.15, -0.1) is 0 Å². The quantitative estimate of drug-likeness (QED) is 0.285. The minimum atomic E-state index is -0.269. The topological polar surface area (TPSA) is 49.0 Å². The fraction of sp³-hybridized carbons (Fsp3) is 1.00. The van der Waals surface area contributed by atoms with Gasteiger partial charge in [0.15, 0.2) is 19.5 Å². The van der Waals surface area contributed by atoms with Gasteiger partial charge in [0.25, 0.3) is 0 Å². The Hall–Kier alpha value is 0.234. The Labute approximate surface area is 160 Å². The van der Waals surface area contributed by atoms with E-state index < -0.39 is 0 Å². The Kier molecular flexibility index (Phi) is 15.5. The predicted octanol–water partition coefficient (Wildman–Crippen LogP) is 2.02. The van der Waals surface area contributed by atoms with Crippen molar-refractivity contribution >= 4 is 19.5 Å². The zero-order chi connectivity index (χ0) is 19.0. The molecule has 0 aliphatic heterocycles. The van der Waals surface area contributed by atoms with Crippen molar-refractivity contribution in [1.29, 1.82) is 0 Å². The minimum Gasteiger partial charge on any atom is -0.427 e. The molecule has 5 nitrogen and oxygen atoms in total. The summed E-state index contributed by atoms with van der Waals surface area (Å²) in [6.07, 6.45) is 4.69. The molecule has 0 unspecified atom stereocenters. The van der Waals surface area contributed by atoms with Gasteiger partial charge in [-0.25, -0.2) is 0 Å². The molecule has 152 valence electrons. The van der Waals surface area contributed by atoms with Crippen LogP contribution in [0.15, 0.2) is 0 Å². The lowest BCUT2D eigenvalue weighted by Crippen LogP contribution is -2.44. The van der Waals surface area contributed by atoms with E-state index in [0.717, 1.165) is 39.1 Å². The van der Waals surface area contributed by atoms with E-state index in [2.05, 4.69) is 33.0 Å². The second-order valence-electron chi connectivity index (χ2n) is 7.93. The zero-order valence-electron chi connectivity index (χ0n) is 17.6. The van der Waals surface area contributed by atoms with Gasteiger partial charge in [-0.1, -0.05) is 12.8 Å². The Morgan fingerprint density at radius 3 is 1.44 bits per heavy atom. The van der Waals surface area contributed by atoms with Crippen molar-refractivity contribution in [1.82, 2.24) is 5.32 Å². The van der Waals surface area contributed by atoms with E-state index in [1.54, 1.807) is 0 Å². The number of hydrogen-bond acceptors (Lipinski definition) is 5. The zero-order valence-corrected chi connectivity index (χ0v) is 20.4. The lowest BCUT2D eigenvalue weighted by molar-refractivity contribution is -0.0360. The maximum atomic E-state index is 6.02. The van der Waals surface area contributed by atoms with Gasteiger partial charge < -0.3 is 23.6 Å². The highest BCUT2D eigenvalue weighted by Crippen LogP contribution is 2.12. The first-order valence-corrected chi connectivity index (χ1v) is 12.9. The predicted molar refractivity (Wildman–Crippen MR) is 112 cm³/mol. The van der Waals surface area contributed by atoms with Crippen molar-refractivity contribution in [2.75, 3.05) is 40.5 Å². The molecule has 25 heavy (non-hydrogen) atoms. The van der Waals surface area contributed by atoms with Crippen LogP contribution in [0, 0.1) is 0 Å². The van der Waals surface area contributed by atoms with Crippen molar-refractivity contribution < 1.29 is 18.3 Å². The van der Waals surface area contributed by atoms with E-state index in [9.17, 15) is 0 Å². The lowest BCUT2D eigenvalue weighted by atomic mass is 10.1. The molecule has 1 N–H and O–H groups in total. The van der Waals surface area contributed by atoms with Crippen LogP contribution in [0.5, 0.6) is 0 Å². The summed E-state index contributed by atoms with van der Waals surface area (Å²) in [5.74, 6) is 0. The normalized spacial score (nSPS) is 13.7. The Morgan fingerprint density at radius 1 is 0.680 bits per heavy atom. The standard InChI is InChI=1S/C18H43NO4Si2/c1-17(2,22-11-7-9-13-24-20-5)15-19-16-18(3,4)23-12-8-10-14-25-21-6/h19H,7-16,24-25H2,1-6H3. The second kappa shape index (κ2) is 15.3. The van der Waals surface area contributed by atoms with E-state index in [1.807, 2.05) is 14.2 Å². The smallest absolute Gasteiger partial charge is 0.161 e. The Morgan fingerprint density at radius 2 is 1.08 bits per heavy atom.